The maximum absolute atomic E-state index is 14.1. The van der Waals surface area contributed by atoms with Crippen LogP contribution in [-0.4, -0.2) is 32.2 Å². The van der Waals surface area contributed by atoms with E-state index in [0.29, 0.717) is 17.9 Å². The summed E-state index contributed by atoms with van der Waals surface area (Å²) in [5.41, 5.74) is 7.63. The number of nitrogens with zero attached hydrogens (tertiary/aromatic N) is 1. The van der Waals surface area contributed by atoms with E-state index in [1.165, 1.54) is 25.3 Å². The molecule has 1 unspecified atom stereocenters. The summed E-state index contributed by atoms with van der Waals surface area (Å²) in [4.78, 5) is 16.4. The van der Waals surface area contributed by atoms with Gasteiger partial charge in [-0.15, -0.1) is 0 Å². The van der Waals surface area contributed by atoms with Gasteiger partial charge in [0.2, 0.25) is 5.91 Å². The molecular formula is C35H34FN5O2. The molecule has 1 amide bonds. The number of amides is 1. The van der Waals surface area contributed by atoms with Crippen LogP contribution in [0, 0.1) is 11.7 Å². The molecule has 7 rings (SSSR count). The van der Waals surface area contributed by atoms with Crippen molar-refractivity contribution in [2.45, 2.75) is 51.5 Å². The number of dihydropyridines is 1. The maximum Gasteiger partial charge on any atom is 0.224 e. The molecule has 2 aliphatic rings. The molecule has 7 nitrogen and oxygen atoms in total. The van der Waals surface area contributed by atoms with E-state index in [1.54, 1.807) is 6.07 Å². The number of phenols is 1. The van der Waals surface area contributed by atoms with Crippen LogP contribution in [0.1, 0.15) is 51.0 Å². The highest BCUT2D eigenvalue weighted by molar-refractivity contribution is 6.02. The average molecular weight is 576 g/mol. The third-order valence-electron chi connectivity index (χ3n) is 8.76. The zero-order valence-electron chi connectivity index (χ0n) is 24.0. The Bertz CT molecular complexity index is 1890. The first-order chi connectivity index (χ1) is 20.9. The lowest BCUT2D eigenvalue weighted by molar-refractivity contribution is -0.121. The number of carbonyl (C=O) groups excluding carboxylic acids is 1. The second-order valence-electron chi connectivity index (χ2n) is 11.8. The first-order valence-electron chi connectivity index (χ1n) is 15.0. The van der Waals surface area contributed by atoms with Gasteiger partial charge in [0.25, 0.3) is 0 Å². The van der Waals surface area contributed by atoms with E-state index in [1.807, 2.05) is 49.5 Å². The van der Waals surface area contributed by atoms with Gasteiger partial charge in [0.15, 0.2) is 0 Å². The summed E-state index contributed by atoms with van der Waals surface area (Å²) in [6, 6.07) is 18.1. The summed E-state index contributed by atoms with van der Waals surface area (Å²) in [7, 11) is 0. The number of carbonyl (C=O) groups is 1. The molecule has 3 aromatic carbocycles. The molecule has 0 saturated heterocycles. The molecule has 218 valence electrons. The Kier molecular flexibility index (Phi) is 6.97. The van der Waals surface area contributed by atoms with Gasteiger partial charge in [0.05, 0.1) is 17.3 Å². The summed E-state index contributed by atoms with van der Waals surface area (Å²) in [5, 5.41) is 26.2. The lowest BCUT2D eigenvalue weighted by Crippen LogP contribution is -2.37. The van der Waals surface area contributed by atoms with E-state index in [4.69, 9.17) is 0 Å². The van der Waals surface area contributed by atoms with Crippen molar-refractivity contribution in [3.8, 4) is 28.3 Å². The normalized spacial score (nSPS) is 17.5. The van der Waals surface area contributed by atoms with E-state index in [2.05, 4.69) is 38.0 Å². The van der Waals surface area contributed by atoms with E-state index in [-0.39, 0.29) is 17.7 Å². The number of phenolic OH excluding ortho intramolecular Hbond substituents is 1. The highest BCUT2D eigenvalue weighted by atomic mass is 19.1. The number of H-pyrrole nitrogens is 2. The van der Waals surface area contributed by atoms with Crippen LogP contribution in [0.15, 0.2) is 78.6 Å². The number of allylic oxidation sites excluding steroid dienone is 2. The fourth-order valence-electron chi connectivity index (χ4n) is 6.48. The van der Waals surface area contributed by atoms with Gasteiger partial charge in [-0.2, -0.15) is 5.10 Å². The molecule has 8 heteroatoms. The number of rotatable bonds is 6. The van der Waals surface area contributed by atoms with Gasteiger partial charge in [-0.1, -0.05) is 37.5 Å². The minimum Gasteiger partial charge on any atom is -0.508 e. The van der Waals surface area contributed by atoms with Gasteiger partial charge in [0, 0.05) is 40.7 Å². The fourth-order valence-corrected chi connectivity index (χ4v) is 6.48. The molecule has 0 bridgehead atoms. The number of aromatic amines is 2. The van der Waals surface area contributed by atoms with Crippen LogP contribution in [-0.2, 0) is 4.79 Å². The predicted molar refractivity (Wildman–Crippen MR) is 168 cm³/mol. The Hall–Kier alpha value is -4.85. The summed E-state index contributed by atoms with van der Waals surface area (Å²) in [5.74, 6) is -0.0295. The summed E-state index contributed by atoms with van der Waals surface area (Å²) in [6.45, 7) is 2.05. The van der Waals surface area contributed by atoms with Crippen molar-refractivity contribution in [3.63, 3.8) is 0 Å². The number of hydrogen-bond acceptors (Lipinski definition) is 4. The number of fused-ring (bicyclic) bond motifs is 2. The molecule has 1 fully saturated rings. The van der Waals surface area contributed by atoms with Crippen molar-refractivity contribution in [2.24, 2.45) is 5.92 Å². The average Bonchev–Trinajstić information content (AvgIpc) is 3.62. The van der Waals surface area contributed by atoms with Crippen LogP contribution >= 0.6 is 0 Å². The van der Waals surface area contributed by atoms with Gasteiger partial charge < -0.3 is 20.7 Å². The molecule has 0 radical (unpaired) electrons. The number of benzene rings is 3. The standard InChI is InChI=1S/C35H34FN5O2/c1-20-32(39-34(43)12-21-6-3-2-4-7-21)16-24(19-37-20)22-10-11-31-29(15-22)35(41-40-31)33-18-28-27(8-5-9-30(28)38-33)23-13-25(36)17-26(42)14-23/h5,8-11,13-21,37-38,42H,2-4,6-7,12H2,1H3,(H,39,43)(H,40,41). The lowest BCUT2D eigenvalue weighted by atomic mass is 9.87. The molecule has 5 N–H and O–H groups in total. The first-order valence-corrected chi connectivity index (χ1v) is 15.0. The van der Waals surface area contributed by atoms with Gasteiger partial charge >= 0.3 is 0 Å². The Balaban J connectivity index is 1.19. The van der Waals surface area contributed by atoms with Crippen molar-refractivity contribution >= 4 is 33.3 Å². The first kappa shape index (κ1) is 27.0. The van der Waals surface area contributed by atoms with E-state index >= 15 is 0 Å². The van der Waals surface area contributed by atoms with Crippen molar-refractivity contribution in [2.75, 3.05) is 0 Å². The highest BCUT2D eigenvalue weighted by Gasteiger charge is 2.21. The smallest absolute Gasteiger partial charge is 0.224 e. The zero-order valence-corrected chi connectivity index (χ0v) is 24.0. The van der Waals surface area contributed by atoms with Crippen molar-refractivity contribution in [3.05, 3.63) is 90.0 Å². The topological polar surface area (TPSA) is 106 Å². The summed E-state index contributed by atoms with van der Waals surface area (Å²) >= 11 is 0. The summed E-state index contributed by atoms with van der Waals surface area (Å²) < 4.78 is 14.1. The molecule has 0 spiro atoms. The van der Waals surface area contributed by atoms with E-state index < -0.39 is 5.82 Å². The third kappa shape index (κ3) is 5.41. The van der Waals surface area contributed by atoms with Crippen LogP contribution in [0.4, 0.5) is 4.39 Å². The second kappa shape index (κ2) is 11.1. The Labute approximate surface area is 248 Å². The van der Waals surface area contributed by atoms with Gasteiger partial charge in [-0.05, 0) is 90.4 Å². The quantitative estimate of drug-likeness (QED) is 0.144. The third-order valence-corrected chi connectivity index (χ3v) is 8.76. The van der Waals surface area contributed by atoms with Crippen molar-refractivity contribution in [1.82, 2.24) is 25.8 Å². The SMILES string of the molecule is CC1NC=C(c2ccc3[nH]nc(-c4cc5c(-c6cc(O)cc(F)c6)cccc5[nH]4)c3c2)C=C1NC(=O)CC1CCCCC1. The van der Waals surface area contributed by atoms with Crippen molar-refractivity contribution in [1.29, 1.82) is 0 Å². The molecule has 43 heavy (non-hydrogen) atoms. The van der Waals surface area contributed by atoms with Crippen LogP contribution in [0.5, 0.6) is 5.75 Å². The van der Waals surface area contributed by atoms with E-state index in [9.17, 15) is 14.3 Å². The number of nitrogens with one attached hydrogen (secondary N) is 4. The molecule has 1 aliphatic heterocycles. The summed E-state index contributed by atoms with van der Waals surface area (Å²) in [6.07, 6.45) is 10.6. The Morgan fingerprint density at radius 2 is 1.86 bits per heavy atom. The second-order valence-corrected chi connectivity index (χ2v) is 11.8. The van der Waals surface area contributed by atoms with Crippen LogP contribution in [0.25, 0.3) is 49.9 Å². The molecule has 1 aliphatic carbocycles. The Morgan fingerprint density at radius 3 is 2.70 bits per heavy atom. The van der Waals surface area contributed by atoms with Gasteiger partial charge in [0.1, 0.15) is 17.3 Å². The monoisotopic (exact) mass is 575 g/mol. The Morgan fingerprint density at radius 1 is 1.00 bits per heavy atom. The number of hydrogen-bond donors (Lipinski definition) is 5. The van der Waals surface area contributed by atoms with E-state index in [0.717, 1.165) is 74.5 Å². The fraction of sp³-hybridized carbons (Fsp3) is 0.257. The predicted octanol–water partition coefficient (Wildman–Crippen LogP) is 7.53. The van der Waals surface area contributed by atoms with Gasteiger partial charge in [-0.3, -0.25) is 9.89 Å². The lowest BCUT2D eigenvalue weighted by Gasteiger charge is -2.25. The molecule has 5 aromatic rings. The maximum atomic E-state index is 14.1. The number of aromatic hydroxyl groups is 1. The largest absolute Gasteiger partial charge is 0.508 e. The zero-order chi connectivity index (χ0) is 29.5. The van der Waals surface area contributed by atoms with Crippen molar-refractivity contribution < 1.29 is 14.3 Å². The van der Waals surface area contributed by atoms with Gasteiger partial charge in [-0.25, -0.2) is 4.39 Å². The molecular weight excluding hydrogens is 541 g/mol. The minimum absolute atomic E-state index is 0.00724. The molecule has 1 saturated carbocycles. The molecule has 1 atom stereocenters. The highest BCUT2D eigenvalue weighted by Crippen LogP contribution is 2.36. The molecule has 3 heterocycles. The van der Waals surface area contributed by atoms with Crippen LogP contribution < -0.4 is 10.6 Å². The molecule has 2 aromatic heterocycles. The minimum atomic E-state index is -0.490. The number of halogens is 1. The van der Waals surface area contributed by atoms with Crippen LogP contribution in [0.3, 0.4) is 0 Å². The van der Waals surface area contributed by atoms with Crippen LogP contribution in [0.2, 0.25) is 0 Å². The number of aromatic nitrogens is 3.